The standard InChI is InChI=1S/C16H15NO3S/c1-11-5-6-14(21-11)7-8-15(18)17-10-12-3-2-4-13(9-12)16(19)20/h2-9H,10H2,1H3,(H,17,18)(H,19,20)/b8-7+. The molecule has 2 rings (SSSR count). The van der Waals surface area contributed by atoms with Gasteiger partial charge >= 0.3 is 5.97 Å². The van der Waals surface area contributed by atoms with Gasteiger partial charge in [-0.15, -0.1) is 11.3 Å². The monoisotopic (exact) mass is 301 g/mol. The van der Waals surface area contributed by atoms with Crippen LogP contribution in [-0.4, -0.2) is 17.0 Å². The average Bonchev–Trinajstić information content (AvgIpc) is 2.89. The van der Waals surface area contributed by atoms with Crippen molar-refractivity contribution in [1.29, 1.82) is 0 Å². The van der Waals surface area contributed by atoms with Gasteiger partial charge in [-0.05, 0) is 42.8 Å². The van der Waals surface area contributed by atoms with Gasteiger partial charge in [0.25, 0.3) is 0 Å². The molecule has 0 saturated carbocycles. The molecule has 1 amide bonds. The number of thiophene rings is 1. The van der Waals surface area contributed by atoms with Crippen molar-refractivity contribution in [2.75, 3.05) is 0 Å². The van der Waals surface area contributed by atoms with Crippen molar-refractivity contribution in [3.63, 3.8) is 0 Å². The van der Waals surface area contributed by atoms with Gasteiger partial charge in [0.05, 0.1) is 5.56 Å². The Morgan fingerprint density at radius 1 is 1.29 bits per heavy atom. The summed E-state index contributed by atoms with van der Waals surface area (Å²) in [5.41, 5.74) is 0.968. The first-order valence-electron chi connectivity index (χ1n) is 6.39. The number of carboxylic acids is 1. The normalized spacial score (nSPS) is 10.7. The van der Waals surface area contributed by atoms with E-state index in [9.17, 15) is 9.59 Å². The first-order chi connectivity index (χ1) is 10.0. The van der Waals surface area contributed by atoms with E-state index in [1.807, 2.05) is 19.1 Å². The number of amides is 1. The van der Waals surface area contributed by atoms with E-state index in [1.165, 1.54) is 17.0 Å². The largest absolute Gasteiger partial charge is 0.478 e. The molecule has 0 spiro atoms. The van der Waals surface area contributed by atoms with Gasteiger partial charge in [0.1, 0.15) is 0 Å². The highest BCUT2D eigenvalue weighted by Gasteiger charge is 2.03. The lowest BCUT2D eigenvalue weighted by Gasteiger charge is -2.03. The van der Waals surface area contributed by atoms with Gasteiger partial charge in [-0.25, -0.2) is 4.79 Å². The van der Waals surface area contributed by atoms with Crippen LogP contribution in [0, 0.1) is 6.92 Å². The van der Waals surface area contributed by atoms with Crippen LogP contribution in [0.1, 0.15) is 25.7 Å². The molecule has 0 aliphatic carbocycles. The van der Waals surface area contributed by atoms with Crippen molar-refractivity contribution >= 4 is 29.3 Å². The maximum atomic E-state index is 11.7. The number of carbonyl (C=O) groups is 2. The lowest BCUT2D eigenvalue weighted by Crippen LogP contribution is -2.20. The molecule has 0 aliphatic rings. The molecule has 0 aliphatic heterocycles. The van der Waals surface area contributed by atoms with Crippen molar-refractivity contribution < 1.29 is 14.7 Å². The van der Waals surface area contributed by atoms with Gasteiger partial charge in [0.15, 0.2) is 0 Å². The summed E-state index contributed by atoms with van der Waals surface area (Å²) >= 11 is 1.62. The van der Waals surface area contributed by atoms with Crippen molar-refractivity contribution in [3.05, 3.63) is 63.4 Å². The number of hydrogen-bond acceptors (Lipinski definition) is 3. The van der Waals surface area contributed by atoms with Gasteiger partial charge in [-0.2, -0.15) is 0 Å². The Morgan fingerprint density at radius 2 is 2.10 bits per heavy atom. The molecular weight excluding hydrogens is 286 g/mol. The van der Waals surface area contributed by atoms with Gasteiger partial charge in [-0.1, -0.05) is 12.1 Å². The van der Waals surface area contributed by atoms with Crippen LogP contribution in [0.4, 0.5) is 0 Å². The molecule has 1 aromatic heterocycles. The van der Waals surface area contributed by atoms with E-state index in [2.05, 4.69) is 5.32 Å². The van der Waals surface area contributed by atoms with Crippen LogP contribution in [-0.2, 0) is 11.3 Å². The summed E-state index contributed by atoms with van der Waals surface area (Å²) in [6.07, 6.45) is 3.24. The zero-order valence-electron chi connectivity index (χ0n) is 11.5. The molecule has 0 unspecified atom stereocenters. The van der Waals surface area contributed by atoms with Gasteiger partial charge in [0.2, 0.25) is 5.91 Å². The minimum Gasteiger partial charge on any atom is -0.478 e. The summed E-state index contributed by atoms with van der Waals surface area (Å²) in [7, 11) is 0. The van der Waals surface area contributed by atoms with Crippen LogP contribution in [0.15, 0.2) is 42.5 Å². The Bertz CT molecular complexity index is 688. The highest BCUT2D eigenvalue weighted by Crippen LogP contribution is 2.16. The molecule has 5 heteroatoms. The van der Waals surface area contributed by atoms with Crippen LogP contribution in [0.5, 0.6) is 0 Å². The Labute approximate surface area is 126 Å². The maximum absolute atomic E-state index is 11.7. The van der Waals surface area contributed by atoms with E-state index in [0.717, 1.165) is 10.4 Å². The molecule has 0 radical (unpaired) electrons. The van der Waals surface area contributed by atoms with Crippen LogP contribution in [0.25, 0.3) is 6.08 Å². The first kappa shape index (κ1) is 15.0. The smallest absolute Gasteiger partial charge is 0.335 e. The maximum Gasteiger partial charge on any atom is 0.335 e. The van der Waals surface area contributed by atoms with E-state index in [-0.39, 0.29) is 11.5 Å². The number of benzene rings is 1. The molecule has 2 aromatic rings. The summed E-state index contributed by atoms with van der Waals surface area (Å²) in [4.78, 5) is 24.8. The fourth-order valence-electron chi connectivity index (χ4n) is 1.76. The minimum absolute atomic E-state index is 0.207. The third-order valence-corrected chi connectivity index (χ3v) is 3.77. The van der Waals surface area contributed by atoms with Gasteiger partial charge in [-0.3, -0.25) is 4.79 Å². The Balaban J connectivity index is 1.90. The van der Waals surface area contributed by atoms with Crippen LogP contribution in [0.2, 0.25) is 0 Å². The number of carbonyl (C=O) groups excluding carboxylic acids is 1. The number of aromatic carboxylic acids is 1. The second-order valence-electron chi connectivity index (χ2n) is 4.51. The van der Waals surface area contributed by atoms with E-state index >= 15 is 0 Å². The van der Waals surface area contributed by atoms with Crippen molar-refractivity contribution in [2.45, 2.75) is 13.5 Å². The number of nitrogens with one attached hydrogen (secondary N) is 1. The summed E-state index contributed by atoms with van der Waals surface area (Å²) in [6, 6.07) is 10.5. The number of carboxylic acid groups (broad SMARTS) is 1. The zero-order valence-corrected chi connectivity index (χ0v) is 12.3. The molecular formula is C16H15NO3S. The summed E-state index contributed by atoms with van der Waals surface area (Å²) in [5.74, 6) is -1.18. The second-order valence-corrected chi connectivity index (χ2v) is 5.82. The van der Waals surface area contributed by atoms with Crippen molar-refractivity contribution in [1.82, 2.24) is 5.32 Å². The topological polar surface area (TPSA) is 66.4 Å². The fraction of sp³-hybridized carbons (Fsp3) is 0.125. The fourth-order valence-corrected chi connectivity index (χ4v) is 2.54. The molecule has 0 atom stereocenters. The molecule has 21 heavy (non-hydrogen) atoms. The lowest BCUT2D eigenvalue weighted by molar-refractivity contribution is -0.116. The Morgan fingerprint density at radius 3 is 2.76 bits per heavy atom. The molecule has 1 aromatic carbocycles. The molecule has 0 bridgehead atoms. The molecule has 0 saturated heterocycles. The SMILES string of the molecule is Cc1ccc(/C=C/C(=O)NCc2cccc(C(=O)O)c2)s1. The number of hydrogen-bond donors (Lipinski definition) is 2. The highest BCUT2D eigenvalue weighted by molar-refractivity contribution is 7.12. The molecule has 0 fully saturated rings. The number of aryl methyl sites for hydroxylation is 1. The summed E-state index contributed by atoms with van der Waals surface area (Å²) in [5, 5.41) is 11.6. The summed E-state index contributed by atoms with van der Waals surface area (Å²) < 4.78 is 0. The third-order valence-electron chi connectivity index (χ3n) is 2.80. The van der Waals surface area contributed by atoms with Crippen molar-refractivity contribution in [3.8, 4) is 0 Å². The molecule has 108 valence electrons. The molecule has 2 N–H and O–H groups in total. The summed E-state index contributed by atoms with van der Waals surface area (Å²) in [6.45, 7) is 2.31. The Kier molecular flexibility index (Phi) is 4.90. The average molecular weight is 301 g/mol. The highest BCUT2D eigenvalue weighted by atomic mass is 32.1. The van der Waals surface area contributed by atoms with Crippen LogP contribution >= 0.6 is 11.3 Å². The van der Waals surface area contributed by atoms with Gasteiger partial charge < -0.3 is 10.4 Å². The molecule has 1 heterocycles. The van der Waals surface area contributed by atoms with E-state index in [0.29, 0.717) is 6.54 Å². The van der Waals surface area contributed by atoms with Crippen LogP contribution in [0.3, 0.4) is 0 Å². The predicted octanol–water partition coefficient (Wildman–Crippen LogP) is 3.08. The third kappa shape index (κ3) is 4.57. The van der Waals surface area contributed by atoms with E-state index < -0.39 is 5.97 Å². The number of rotatable bonds is 5. The van der Waals surface area contributed by atoms with Crippen LogP contribution < -0.4 is 5.32 Å². The predicted molar refractivity (Wildman–Crippen MR) is 83.3 cm³/mol. The minimum atomic E-state index is -0.976. The van der Waals surface area contributed by atoms with Crippen molar-refractivity contribution in [2.24, 2.45) is 0 Å². The Hall–Kier alpha value is -2.40. The van der Waals surface area contributed by atoms with E-state index in [4.69, 9.17) is 5.11 Å². The van der Waals surface area contributed by atoms with Gasteiger partial charge in [0, 0.05) is 22.4 Å². The lowest BCUT2D eigenvalue weighted by atomic mass is 10.1. The second kappa shape index (κ2) is 6.85. The molecule has 4 nitrogen and oxygen atoms in total. The first-order valence-corrected chi connectivity index (χ1v) is 7.21. The zero-order chi connectivity index (χ0) is 15.2. The quantitative estimate of drug-likeness (QED) is 0.834. The van der Waals surface area contributed by atoms with E-state index in [1.54, 1.807) is 35.6 Å².